The van der Waals surface area contributed by atoms with Gasteiger partial charge in [0.15, 0.2) is 4.32 Å². The number of hydrogen-bond donors (Lipinski definition) is 2. The van der Waals surface area contributed by atoms with Crippen LogP contribution in [-0.2, 0) is 6.42 Å². The molecule has 2 rings (SSSR count). The highest BCUT2D eigenvalue weighted by atomic mass is 32.2. The van der Waals surface area contributed by atoms with Crippen molar-refractivity contribution in [2.45, 2.75) is 6.42 Å². The number of thiocarbonyl (C=S) groups is 1. The molecule has 0 saturated heterocycles. The van der Waals surface area contributed by atoms with E-state index >= 15 is 0 Å². The molecule has 0 saturated carbocycles. The van der Waals surface area contributed by atoms with E-state index in [-0.39, 0.29) is 0 Å². The van der Waals surface area contributed by atoms with Crippen molar-refractivity contribution < 1.29 is 0 Å². The minimum Gasteiger partial charge on any atom is -0.300 e. The van der Waals surface area contributed by atoms with Gasteiger partial charge in [-0.1, -0.05) is 72.5 Å². The van der Waals surface area contributed by atoms with Crippen LogP contribution in [0.15, 0.2) is 60.7 Å². The maximum absolute atomic E-state index is 5.26. The second-order valence-corrected chi connectivity index (χ2v) is 5.76. The molecule has 0 aromatic heterocycles. The first kappa shape index (κ1) is 13.9. The Kier molecular flexibility index (Phi) is 5.72. The maximum atomic E-state index is 5.26. The van der Waals surface area contributed by atoms with Crippen LogP contribution in [0.5, 0.6) is 0 Å². The first-order valence-electron chi connectivity index (χ1n) is 6.12. The van der Waals surface area contributed by atoms with Crippen LogP contribution in [0.25, 0.3) is 0 Å². The molecule has 0 aliphatic carbocycles. The lowest BCUT2D eigenvalue weighted by atomic mass is 10.2. The van der Waals surface area contributed by atoms with E-state index in [0.29, 0.717) is 0 Å². The Morgan fingerprint density at radius 2 is 1.58 bits per heavy atom. The lowest BCUT2D eigenvalue weighted by Gasteiger charge is -2.10. The summed E-state index contributed by atoms with van der Waals surface area (Å²) in [5.74, 6) is 0.978. The molecule has 0 spiro atoms. The molecule has 0 unspecified atom stereocenters. The van der Waals surface area contributed by atoms with Gasteiger partial charge in [-0.3, -0.25) is 10.9 Å². The van der Waals surface area contributed by atoms with Crippen molar-refractivity contribution in [3.8, 4) is 0 Å². The van der Waals surface area contributed by atoms with Crippen molar-refractivity contribution in [1.29, 1.82) is 0 Å². The second kappa shape index (κ2) is 7.81. The highest BCUT2D eigenvalue weighted by Crippen LogP contribution is 2.09. The summed E-state index contributed by atoms with van der Waals surface area (Å²) in [4.78, 5) is 0. The molecule has 98 valence electrons. The minimum atomic E-state index is 0.764. The number of thioether (sulfide) groups is 1. The van der Waals surface area contributed by atoms with Crippen LogP contribution in [0.4, 0.5) is 5.69 Å². The molecule has 2 aromatic rings. The predicted molar refractivity (Wildman–Crippen MR) is 88.4 cm³/mol. The van der Waals surface area contributed by atoms with Gasteiger partial charge in [-0.25, -0.2) is 0 Å². The zero-order valence-electron chi connectivity index (χ0n) is 10.5. The molecule has 2 nitrogen and oxygen atoms in total. The minimum absolute atomic E-state index is 0.764. The topological polar surface area (TPSA) is 24.1 Å². The Bertz CT molecular complexity index is 500. The Labute approximate surface area is 123 Å². The monoisotopic (exact) mass is 288 g/mol. The van der Waals surface area contributed by atoms with Crippen molar-refractivity contribution in [2.75, 3.05) is 11.2 Å². The summed E-state index contributed by atoms with van der Waals surface area (Å²) in [6, 6.07) is 20.4. The fourth-order valence-electron chi connectivity index (χ4n) is 1.59. The van der Waals surface area contributed by atoms with Crippen molar-refractivity contribution in [3.05, 3.63) is 66.2 Å². The fourth-order valence-corrected chi connectivity index (χ4v) is 2.53. The lowest BCUT2D eigenvalue weighted by molar-refractivity contribution is 1.15. The lowest BCUT2D eigenvalue weighted by Crippen LogP contribution is -2.25. The summed E-state index contributed by atoms with van der Waals surface area (Å²) >= 11 is 6.91. The van der Waals surface area contributed by atoms with Crippen molar-refractivity contribution in [2.24, 2.45) is 0 Å². The molecular weight excluding hydrogens is 272 g/mol. The first-order valence-corrected chi connectivity index (χ1v) is 7.52. The molecule has 2 aromatic carbocycles. The second-order valence-electron chi connectivity index (χ2n) is 3.99. The van der Waals surface area contributed by atoms with E-state index < -0.39 is 0 Å². The van der Waals surface area contributed by atoms with Crippen LogP contribution < -0.4 is 10.9 Å². The molecule has 0 amide bonds. The molecule has 0 bridgehead atoms. The molecule has 0 radical (unpaired) electrons. The van der Waals surface area contributed by atoms with E-state index in [1.165, 1.54) is 5.56 Å². The fraction of sp³-hybridized carbons (Fsp3) is 0.133. The average Bonchev–Trinajstić information content (AvgIpc) is 2.47. The quantitative estimate of drug-likeness (QED) is 0.644. The smallest absolute Gasteiger partial charge is 0.152 e. The third-order valence-corrected chi connectivity index (χ3v) is 3.78. The average molecular weight is 288 g/mol. The van der Waals surface area contributed by atoms with Gasteiger partial charge >= 0.3 is 0 Å². The van der Waals surface area contributed by atoms with Gasteiger partial charge in [0.2, 0.25) is 0 Å². The zero-order chi connectivity index (χ0) is 13.3. The Balaban J connectivity index is 1.65. The number of rotatable bonds is 5. The van der Waals surface area contributed by atoms with Crippen LogP contribution >= 0.6 is 24.0 Å². The van der Waals surface area contributed by atoms with Crippen LogP contribution in [0.2, 0.25) is 0 Å². The zero-order valence-corrected chi connectivity index (χ0v) is 12.1. The number of nitrogens with one attached hydrogen (secondary N) is 2. The van der Waals surface area contributed by atoms with E-state index in [1.807, 2.05) is 36.4 Å². The normalized spacial score (nSPS) is 9.89. The van der Waals surface area contributed by atoms with Gasteiger partial charge in [-0.05, 0) is 24.1 Å². The SMILES string of the molecule is S=C(NNc1ccccc1)SCCc1ccccc1. The Morgan fingerprint density at radius 3 is 2.26 bits per heavy atom. The molecule has 0 fully saturated rings. The molecule has 19 heavy (non-hydrogen) atoms. The maximum Gasteiger partial charge on any atom is 0.152 e. The molecular formula is C15H16N2S2. The van der Waals surface area contributed by atoms with E-state index in [4.69, 9.17) is 12.2 Å². The summed E-state index contributed by atoms with van der Waals surface area (Å²) in [7, 11) is 0. The number of aryl methyl sites for hydroxylation is 1. The van der Waals surface area contributed by atoms with Crippen molar-refractivity contribution in [1.82, 2.24) is 5.43 Å². The van der Waals surface area contributed by atoms with E-state index in [2.05, 4.69) is 35.1 Å². The molecule has 0 atom stereocenters. The van der Waals surface area contributed by atoms with Gasteiger partial charge in [-0.2, -0.15) is 0 Å². The third-order valence-electron chi connectivity index (χ3n) is 2.55. The van der Waals surface area contributed by atoms with Gasteiger partial charge in [0.05, 0.1) is 5.69 Å². The van der Waals surface area contributed by atoms with Crippen LogP contribution in [0.3, 0.4) is 0 Å². The number of benzene rings is 2. The number of para-hydroxylation sites is 1. The molecule has 2 N–H and O–H groups in total. The van der Waals surface area contributed by atoms with Gasteiger partial charge in [0, 0.05) is 5.75 Å². The standard InChI is InChI=1S/C15H16N2S2/c18-15(17-16-14-9-5-2-6-10-14)19-12-11-13-7-3-1-4-8-13/h1-10,16H,11-12H2,(H,17,18). The van der Waals surface area contributed by atoms with Gasteiger partial charge in [0.1, 0.15) is 0 Å². The summed E-state index contributed by atoms with van der Waals surface area (Å²) in [6.45, 7) is 0. The summed E-state index contributed by atoms with van der Waals surface area (Å²) < 4.78 is 0.764. The molecule has 0 aliphatic rings. The van der Waals surface area contributed by atoms with Crippen LogP contribution in [-0.4, -0.2) is 10.1 Å². The van der Waals surface area contributed by atoms with Gasteiger partial charge in [0.25, 0.3) is 0 Å². The van der Waals surface area contributed by atoms with Crippen LogP contribution in [0.1, 0.15) is 5.56 Å². The number of hydrazine groups is 1. The highest BCUT2D eigenvalue weighted by molar-refractivity contribution is 8.22. The number of anilines is 1. The summed E-state index contributed by atoms with van der Waals surface area (Å²) in [6.07, 6.45) is 1.03. The van der Waals surface area contributed by atoms with E-state index in [9.17, 15) is 0 Å². The Hall–Kier alpha value is -1.52. The van der Waals surface area contributed by atoms with Crippen molar-refractivity contribution in [3.63, 3.8) is 0 Å². The predicted octanol–water partition coefficient (Wildman–Crippen LogP) is 3.86. The first-order chi connectivity index (χ1) is 9.34. The van der Waals surface area contributed by atoms with Crippen molar-refractivity contribution >= 4 is 34.0 Å². The summed E-state index contributed by atoms with van der Waals surface area (Å²) in [5.41, 5.74) is 8.46. The van der Waals surface area contributed by atoms with E-state index in [1.54, 1.807) is 11.8 Å². The molecule has 0 heterocycles. The highest BCUT2D eigenvalue weighted by Gasteiger charge is 1.98. The third kappa shape index (κ3) is 5.32. The van der Waals surface area contributed by atoms with Crippen LogP contribution in [0, 0.1) is 0 Å². The van der Waals surface area contributed by atoms with Gasteiger partial charge in [-0.15, -0.1) is 0 Å². The molecule has 0 aliphatic heterocycles. The Morgan fingerprint density at radius 1 is 0.947 bits per heavy atom. The number of hydrogen-bond acceptors (Lipinski definition) is 3. The largest absolute Gasteiger partial charge is 0.300 e. The summed E-state index contributed by atoms with van der Waals surface area (Å²) in [5, 5.41) is 0. The van der Waals surface area contributed by atoms with E-state index in [0.717, 1.165) is 22.2 Å². The molecule has 4 heteroatoms. The van der Waals surface area contributed by atoms with Gasteiger partial charge < -0.3 is 0 Å².